The quantitative estimate of drug-likeness (QED) is 0.543. The molecule has 0 radical (unpaired) electrons. The molecule has 2 aromatic rings. The van der Waals surface area contributed by atoms with Crippen LogP contribution in [0.2, 0.25) is 5.02 Å². The number of rotatable bonds is 6. The fourth-order valence-electron chi connectivity index (χ4n) is 3.60. The van der Waals surface area contributed by atoms with E-state index in [0.29, 0.717) is 25.2 Å². The third-order valence-electron chi connectivity index (χ3n) is 5.19. The minimum Gasteiger partial charge on any atom is -0.449 e. The van der Waals surface area contributed by atoms with Crippen LogP contribution < -0.4 is 0 Å². The number of amides is 1. The van der Waals surface area contributed by atoms with Gasteiger partial charge in [0.2, 0.25) is 0 Å². The fourth-order valence-corrected chi connectivity index (χ4v) is 5.75. The van der Waals surface area contributed by atoms with E-state index in [9.17, 15) is 26.4 Å². The molecule has 3 rings (SSSR count). The van der Waals surface area contributed by atoms with E-state index >= 15 is 0 Å². The number of ether oxygens (including phenoxy) is 1. The lowest BCUT2D eigenvalue weighted by molar-refractivity contribution is 0.0958. The Bertz CT molecular complexity index is 1060. The van der Waals surface area contributed by atoms with Crippen molar-refractivity contribution >= 4 is 27.5 Å². The Balaban J connectivity index is 1.99. The van der Waals surface area contributed by atoms with Crippen LogP contribution >= 0.6 is 11.6 Å². The number of nitrogens with zero attached hydrogens (tertiary/aromatic N) is 1. The summed E-state index contributed by atoms with van der Waals surface area (Å²) in [7, 11) is -4.41. The largest absolute Gasteiger partial charge is 0.449 e. The van der Waals surface area contributed by atoms with Crippen molar-refractivity contribution < 1.29 is 31.1 Å². The zero-order valence-corrected chi connectivity index (χ0v) is 18.2. The van der Waals surface area contributed by atoms with Crippen LogP contribution in [-0.4, -0.2) is 39.1 Å². The molecule has 1 amide bonds. The molecular weight excluding hydrogens is 455 g/mol. The van der Waals surface area contributed by atoms with Crippen molar-refractivity contribution in [2.45, 2.75) is 29.9 Å². The Hall–Kier alpha value is -2.26. The van der Waals surface area contributed by atoms with Crippen LogP contribution in [0.5, 0.6) is 0 Å². The Morgan fingerprint density at radius 1 is 1.06 bits per heavy atom. The maximum Gasteiger partial charge on any atom is 0.409 e. The van der Waals surface area contributed by atoms with E-state index in [4.69, 9.17) is 16.3 Å². The van der Waals surface area contributed by atoms with Crippen molar-refractivity contribution in [1.82, 2.24) is 4.90 Å². The molecule has 5 nitrogen and oxygen atoms in total. The Labute approximate surface area is 183 Å². The van der Waals surface area contributed by atoms with Gasteiger partial charge in [-0.2, -0.15) is 0 Å². The third kappa shape index (κ3) is 4.98. The van der Waals surface area contributed by atoms with Gasteiger partial charge in [0, 0.05) is 29.6 Å². The normalized spacial score (nSPS) is 16.2. The fraction of sp³-hybridized carbons (Fsp3) is 0.381. The average molecular weight is 476 g/mol. The van der Waals surface area contributed by atoms with Gasteiger partial charge in [0.25, 0.3) is 0 Å². The zero-order valence-electron chi connectivity index (χ0n) is 16.7. The maximum atomic E-state index is 14.6. The molecule has 0 bridgehead atoms. The van der Waals surface area contributed by atoms with Crippen molar-refractivity contribution in [3.63, 3.8) is 0 Å². The van der Waals surface area contributed by atoms with E-state index in [0.717, 1.165) is 12.8 Å². The molecule has 0 spiro atoms. The van der Waals surface area contributed by atoms with Crippen LogP contribution in [0.1, 0.15) is 30.6 Å². The molecule has 0 saturated carbocycles. The summed E-state index contributed by atoms with van der Waals surface area (Å²) in [5.74, 6) is -5.27. The van der Waals surface area contributed by atoms with E-state index < -0.39 is 56.7 Å². The Morgan fingerprint density at radius 2 is 1.65 bits per heavy atom. The van der Waals surface area contributed by atoms with Gasteiger partial charge >= 0.3 is 6.09 Å². The van der Waals surface area contributed by atoms with Crippen LogP contribution in [0.25, 0.3) is 0 Å². The van der Waals surface area contributed by atoms with Gasteiger partial charge in [-0.05, 0) is 49.2 Å². The summed E-state index contributed by atoms with van der Waals surface area (Å²) in [5, 5.41) is -1.57. The highest BCUT2D eigenvalue weighted by Gasteiger charge is 2.39. The van der Waals surface area contributed by atoms with Crippen LogP contribution in [0, 0.1) is 23.4 Å². The number of hydrogen-bond donors (Lipinski definition) is 0. The Morgan fingerprint density at radius 3 is 2.26 bits per heavy atom. The first-order chi connectivity index (χ1) is 14.6. The molecule has 1 heterocycles. The number of likely N-dealkylation sites (tertiary alicyclic amines) is 1. The topological polar surface area (TPSA) is 63.7 Å². The molecule has 2 unspecified atom stereocenters. The monoisotopic (exact) mass is 475 g/mol. The lowest BCUT2D eigenvalue weighted by Crippen LogP contribution is -2.32. The van der Waals surface area contributed by atoms with Crippen LogP contribution in [0.15, 0.2) is 41.3 Å². The lowest BCUT2D eigenvalue weighted by Gasteiger charge is -2.26. The second kappa shape index (κ2) is 9.48. The summed E-state index contributed by atoms with van der Waals surface area (Å²) < 4.78 is 75.0. The summed E-state index contributed by atoms with van der Waals surface area (Å²) in [6, 6.07) is 6.29. The van der Waals surface area contributed by atoms with E-state index in [1.165, 1.54) is 36.1 Å². The molecule has 1 aliphatic heterocycles. The summed E-state index contributed by atoms with van der Waals surface area (Å²) in [6.45, 7) is 1.99. The molecule has 2 aromatic carbocycles. The van der Waals surface area contributed by atoms with Crippen LogP contribution in [0.3, 0.4) is 0 Å². The number of halogens is 4. The number of carbonyl (C=O) groups excluding carboxylic acids is 1. The molecule has 0 aromatic heterocycles. The number of hydrogen-bond acceptors (Lipinski definition) is 4. The molecule has 2 atom stereocenters. The molecule has 1 saturated heterocycles. The number of sulfone groups is 1. The van der Waals surface area contributed by atoms with Gasteiger partial charge in [-0.25, -0.2) is 26.4 Å². The first kappa shape index (κ1) is 23.4. The first-order valence-electron chi connectivity index (χ1n) is 9.67. The smallest absolute Gasteiger partial charge is 0.409 e. The molecule has 0 aliphatic carbocycles. The first-order valence-corrected chi connectivity index (χ1v) is 11.6. The van der Waals surface area contributed by atoms with Crippen molar-refractivity contribution in [2.75, 3.05) is 19.7 Å². The minimum atomic E-state index is -4.41. The summed E-state index contributed by atoms with van der Waals surface area (Å²) in [5.41, 5.74) is -0.931. The zero-order chi connectivity index (χ0) is 22.8. The SMILES string of the molecule is CC(COC(=O)N1CCCC1)C(c1c(F)ccc(F)c1F)S(=O)(=O)c1ccc(Cl)cc1. The summed E-state index contributed by atoms with van der Waals surface area (Å²) in [4.78, 5) is 13.4. The van der Waals surface area contributed by atoms with Gasteiger partial charge < -0.3 is 9.64 Å². The standard InChI is InChI=1S/C21H21ClF3NO4S/c1-13(12-30-21(27)26-10-2-3-11-26)20(18-16(23)8-9-17(24)19(18)25)31(28,29)15-6-4-14(22)5-7-15/h4-9,13,20H,2-3,10-12H2,1H3. The van der Waals surface area contributed by atoms with E-state index in [1.54, 1.807) is 0 Å². The molecule has 10 heteroatoms. The van der Waals surface area contributed by atoms with Gasteiger partial charge in [0.1, 0.15) is 11.1 Å². The van der Waals surface area contributed by atoms with Crippen LogP contribution in [-0.2, 0) is 14.6 Å². The molecule has 0 N–H and O–H groups in total. The summed E-state index contributed by atoms with van der Waals surface area (Å²) in [6.07, 6.45) is 1.03. The average Bonchev–Trinajstić information content (AvgIpc) is 3.27. The van der Waals surface area contributed by atoms with Crippen LogP contribution in [0.4, 0.5) is 18.0 Å². The predicted molar refractivity (Wildman–Crippen MR) is 109 cm³/mol. The predicted octanol–water partition coefficient (Wildman–Crippen LogP) is 5.14. The van der Waals surface area contributed by atoms with Gasteiger partial charge in [-0.1, -0.05) is 18.5 Å². The lowest BCUT2D eigenvalue weighted by atomic mass is 10.00. The van der Waals surface area contributed by atoms with Crippen molar-refractivity contribution in [3.05, 3.63) is 64.4 Å². The van der Waals surface area contributed by atoms with Gasteiger partial charge in [-0.3, -0.25) is 0 Å². The number of benzene rings is 2. The highest BCUT2D eigenvalue weighted by Crippen LogP contribution is 2.39. The second-order valence-corrected chi connectivity index (χ2v) is 9.93. The van der Waals surface area contributed by atoms with E-state index in [2.05, 4.69) is 0 Å². The highest BCUT2D eigenvalue weighted by atomic mass is 35.5. The van der Waals surface area contributed by atoms with Gasteiger partial charge in [-0.15, -0.1) is 0 Å². The minimum absolute atomic E-state index is 0.248. The molecule has 168 valence electrons. The maximum absolute atomic E-state index is 14.6. The van der Waals surface area contributed by atoms with Crippen molar-refractivity contribution in [2.24, 2.45) is 5.92 Å². The van der Waals surface area contributed by atoms with Gasteiger partial charge in [0.05, 0.1) is 11.5 Å². The number of carbonyl (C=O) groups is 1. The molecule has 1 fully saturated rings. The van der Waals surface area contributed by atoms with Gasteiger partial charge in [0.15, 0.2) is 21.5 Å². The Kier molecular flexibility index (Phi) is 7.16. The summed E-state index contributed by atoms with van der Waals surface area (Å²) >= 11 is 5.81. The highest BCUT2D eigenvalue weighted by molar-refractivity contribution is 7.91. The van der Waals surface area contributed by atoms with E-state index in [-0.39, 0.29) is 9.92 Å². The third-order valence-corrected chi connectivity index (χ3v) is 7.74. The molecule has 1 aliphatic rings. The second-order valence-electron chi connectivity index (χ2n) is 7.42. The van der Waals surface area contributed by atoms with E-state index in [1.807, 2.05) is 0 Å². The van der Waals surface area contributed by atoms with Crippen molar-refractivity contribution in [1.29, 1.82) is 0 Å². The van der Waals surface area contributed by atoms with Crippen molar-refractivity contribution in [3.8, 4) is 0 Å². The molecule has 31 heavy (non-hydrogen) atoms. The molecular formula is C21H21ClF3NO4S.